The standard InChI is InChI=1S/C32H37N3O6/c1-22-17-28(23(2)34(22)20-27-9-6-16-40-27)31(36)21-41-32(37)29-19-26(35(38)39)10-11-30(29)33-14-12-25(13-15-33)18-24-7-4-3-5-8-24/h3-5,7-8,10-11,17,19,25,27H,6,9,12-16,18,20-21H2,1-2H3. The number of nitro groups is 1. The van der Waals surface area contributed by atoms with E-state index < -0.39 is 17.5 Å². The first-order valence-electron chi connectivity index (χ1n) is 14.4. The molecule has 1 aromatic heterocycles. The van der Waals surface area contributed by atoms with E-state index in [1.54, 1.807) is 6.07 Å². The molecule has 0 amide bonds. The summed E-state index contributed by atoms with van der Waals surface area (Å²) in [5.74, 6) is -0.519. The molecular weight excluding hydrogens is 522 g/mol. The fourth-order valence-electron chi connectivity index (χ4n) is 6.05. The summed E-state index contributed by atoms with van der Waals surface area (Å²) in [6.45, 7) is 6.29. The molecule has 2 fully saturated rings. The van der Waals surface area contributed by atoms with Crippen LogP contribution in [0, 0.1) is 29.9 Å². The Morgan fingerprint density at radius 3 is 2.46 bits per heavy atom. The Kier molecular flexibility index (Phi) is 8.83. The van der Waals surface area contributed by atoms with E-state index in [-0.39, 0.29) is 23.1 Å². The van der Waals surface area contributed by atoms with Crippen LogP contribution < -0.4 is 4.90 Å². The number of non-ortho nitro benzene ring substituents is 1. The van der Waals surface area contributed by atoms with Crippen LogP contribution in [0.4, 0.5) is 11.4 Å². The summed E-state index contributed by atoms with van der Waals surface area (Å²) in [7, 11) is 0. The van der Waals surface area contributed by atoms with Crippen molar-refractivity contribution >= 4 is 23.1 Å². The first-order valence-corrected chi connectivity index (χ1v) is 14.4. The molecule has 0 spiro atoms. The van der Waals surface area contributed by atoms with E-state index in [4.69, 9.17) is 9.47 Å². The Hall–Kier alpha value is -3.98. The molecule has 9 heteroatoms. The number of piperidine rings is 1. The van der Waals surface area contributed by atoms with Crippen LogP contribution in [-0.4, -0.2) is 53.7 Å². The van der Waals surface area contributed by atoms with Gasteiger partial charge in [0, 0.05) is 55.3 Å². The van der Waals surface area contributed by atoms with Crippen molar-refractivity contribution in [2.75, 3.05) is 31.2 Å². The molecule has 2 aliphatic heterocycles. The summed E-state index contributed by atoms with van der Waals surface area (Å²) >= 11 is 0. The number of esters is 1. The molecule has 2 aliphatic rings. The van der Waals surface area contributed by atoms with E-state index in [9.17, 15) is 19.7 Å². The van der Waals surface area contributed by atoms with Crippen LogP contribution in [0.1, 0.15) is 63.4 Å². The number of hydrogen-bond donors (Lipinski definition) is 0. The third-order valence-electron chi connectivity index (χ3n) is 8.35. The van der Waals surface area contributed by atoms with Crippen molar-refractivity contribution in [1.29, 1.82) is 0 Å². The molecule has 5 rings (SSSR count). The molecule has 2 saturated heterocycles. The van der Waals surface area contributed by atoms with Gasteiger partial charge in [-0.25, -0.2) is 4.79 Å². The van der Waals surface area contributed by atoms with Crippen molar-refractivity contribution in [3.63, 3.8) is 0 Å². The van der Waals surface area contributed by atoms with Gasteiger partial charge in [-0.05, 0) is 69.6 Å². The Labute approximate surface area is 240 Å². The molecule has 41 heavy (non-hydrogen) atoms. The third-order valence-corrected chi connectivity index (χ3v) is 8.35. The smallest absolute Gasteiger partial charge is 0.340 e. The minimum absolute atomic E-state index is 0.109. The summed E-state index contributed by atoms with van der Waals surface area (Å²) < 4.78 is 13.3. The van der Waals surface area contributed by atoms with Crippen LogP contribution in [0.2, 0.25) is 0 Å². The Bertz CT molecular complexity index is 1400. The zero-order chi connectivity index (χ0) is 28.9. The number of anilines is 1. The normalized spacial score (nSPS) is 17.5. The van der Waals surface area contributed by atoms with Gasteiger partial charge >= 0.3 is 5.97 Å². The van der Waals surface area contributed by atoms with Crippen LogP contribution >= 0.6 is 0 Å². The predicted molar refractivity (Wildman–Crippen MR) is 156 cm³/mol. The second kappa shape index (κ2) is 12.7. The summed E-state index contributed by atoms with van der Waals surface area (Å²) in [6, 6.07) is 16.5. The number of benzene rings is 2. The summed E-state index contributed by atoms with van der Waals surface area (Å²) in [4.78, 5) is 39.4. The number of carbonyl (C=O) groups excluding carboxylic acids is 2. The first-order chi connectivity index (χ1) is 19.8. The molecule has 0 bridgehead atoms. The first kappa shape index (κ1) is 28.5. The average molecular weight is 560 g/mol. The molecule has 1 unspecified atom stereocenters. The van der Waals surface area contributed by atoms with E-state index in [1.807, 2.05) is 38.1 Å². The topological polar surface area (TPSA) is 104 Å². The molecule has 3 aromatic rings. The van der Waals surface area contributed by atoms with E-state index >= 15 is 0 Å². The number of aromatic nitrogens is 1. The van der Waals surface area contributed by atoms with Crippen molar-refractivity contribution in [1.82, 2.24) is 4.57 Å². The van der Waals surface area contributed by atoms with E-state index in [0.717, 1.165) is 63.2 Å². The number of ether oxygens (including phenoxy) is 2. The molecular formula is C32H37N3O6. The molecule has 9 nitrogen and oxygen atoms in total. The number of aryl methyl sites for hydroxylation is 1. The fraction of sp³-hybridized carbons (Fsp3) is 0.438. The molecule has 0 radical (unpaired) electrons. The van der Waals surface area contributed by atoms with Crippen LogP contribution in [0.3, 0.4) is 0 Å². The minimum atomic E-state index is -0.739. The lowest BCUT2D eigenvalue weighted by atomic mass is 9.90. The van der Waals surface area contributed by atoms with E-state index in [2.05, 4.69) is 21.6 Å². The highest BCUT2D eigenvalue weighted by molar-refractivity contribution is 6.02. The van der Waals surface area contributed by atoms with Crippen molar-refractivity contribution in [3.05, 3.63) is 92.8 Å². The molecule has 0 aliphatic carbocycles. The van der Waals surface area contributed by atoms with E-state index in [0.29, 0.717) is 23.7 Å². The average Bonchev–Trinajstić information content (AvgIpc) is 3.60. The maximum Gasteiger partial charge on any atom is 0.340 e. The lowest BCUT2D eigenvalue weighted by Gasteiger charge is -2.34. The lowest BCUT2D eigenvalue weighted by molar-refractivity contribution is -0.384. The van der Waals surface area contributed by atoms with Gasteiger partial charge < -0.3 is 18.9 Å². The van der Waals surface area contributed by atoms with Gasteiger partial charge in [-0.1, -0.05) is 30.3 Å². The highest BCUT2D eigenvalue weighted by Crippen LogP contribution is 2.31. The van der Waals surface area contributed by atoms with Gasteiger partial charge in [0.1, 0.15) is 0 Å². The Balaban J connectivity index is 1.26. The third kappa shape index (κ3) is 6.68. The number of nitro benzene ring substituents is 1. The number of rotatable bonds is 10. The van der Waals surface area contributed by atoms with Gasteiger partial charge in [0.05, 0.1) is 22.3 Å². The molecule has 1 atom stereocenters. The molecule has 3 heterocycles. The molecule has 216 valence electrons. The van der Waals surface area contributed by atoms with Gasteiger partial charge in [-0.2, -0.15) is 0 Å². The largest absolute Gasteiger partial charge is 0.454 e. The monoisotopic (exact) mass is 559 g/mol. The van der Waals surface area contributed by atoms with Crippen LogP contribution in [0.25, 0.3) is 0 Å². The molecule has 0 saturated carbocycles. The van der Waals surface area contributed by atoms with Crippen molar-refractivity contribution in [3.8, 4) is 0 Å². The van der Waals surface area contributed by atoms with Crippen molar-refractivity contribution in [2.24, 2.45) is 5.92 Å². The second-order valence-corrected chi connectivity index (χ2v) is 11.1. The van der Waals surface area contributed by atoms with Gasteiger partial charge in [-0.3, -0.25) is 14.9 Å². The minimum Gasteiger partial charge on any atom is -0.454 e. The summed E-state index contributed by atoms with van der Waals surface area (Å²) in [5, 5.41) is 11.5. The quantitative estimate of drug-likeness (QED) is 0.136. The highest BCUT2D eigenvalue weighted by Gasteiger charge is 2.27. The number of ketones is 1. The number of nitrogens with zero attached hydrogens (tertiary/aromatic N) is 3. The number of Topliss-reactive ketones (excluding diaryl/α,β-unsaturated/α-hetero) is 1. The van der Waals surface area contributed by atoms with Crippen molar-refractivity contribution in [2.45, 2.75) is 58.6 Å². The van der Waals surface area contributed by atoms with Gasteiger partial charge in [0.15, 0.2) is 6.61 Å². The van der Waals surface area contributed by atoms with Gasteiger partial charge in [0.2, 0.25) is 5.78 Å². The zero-order valence-electron chi connectivity index (χ0n) is 23.7. The molecule has 0 N–H and O–H groups in total. The van der Waals surface area contributed by atoms with Crippen LogP contribution in [0.15, 0.2) is 54.6 Å². The fourth-order valence-corrected chi connectivity index (χ4v) is 6.05. The summed E-state index contributed by atoms with van der Waals surface area (Å²) in [6.07, 6.45) is 5.06. The van der Waals surface area contributed by atoms with Crippen LogP contribution in [-0.2, 0) is 22.4 Å². The highest BCUT2D eigenvalue weighted by atomic mass is 16.6. The van der Waals surface area contributed by atoms with E-state index in [1.165, 1.54) is 17.7 Å². The zero-order valence-corrected chi connectivity index (χ0v) is 23.7. The maximum absolute atomic E-state index is 13.3. The number of hydrogen-bond acceptors (Lipinski definition) is 7. The SMILES string of the molecule is Cc1cc(C(=O)COC(=O)c2cc([N+](=O)[O-])ccc2N2CCC(Cc3ccccc3)CC2)c(C)n1CC1CCCO1. The second-order valence-electron chi connectivity index (χ2n) is 11.1. The number of carbonyl (C=O) groups is 2. The Morgan fingerprint density at radius 1 is 1.02 bits per heavy atom. The Morgan fingerprint density at radius 2 is 1.78 bits per heavy atom. The molecule has 2 aromatic carbocycles. The summed E-state index contributed by atoms with van der Waals surface area (Å²) in [5.41, 5.74) is 4.09. The van der Waals surface area contributed by atoms with Crippen molar-refractivity contribution < 1.29 is 24.0 Å². The van der Waals surface area contributed by atoms with Crippen LogP contribution in [0.5, 0.6) is 0 Å². The maximum atomic E-state index is 13.3. The lowest BCUT2D eigenvalue weighted by Crippen LogP contribution is -2.35. The predicted octanol–water partition coefficient (Wildman–Crippen LogP) is 5.69. The van der Waals surface area contributed by atoms with Gasteiger partial charge in [-0.15, -0.1) is 0 Å². The van der Waals surface area contributed by atoms with Gasteiger partial charge in [0.25, 0.3) is 5.69 Å².